The topological polar surface area (TPSA) is 58.6 Å². The Morgan fingerprint density at radius 2 is 1.75 bits per heavy atom. The molecule has 2 atom stereocenters. The predicted molar refractivity (Wildman–Crippen MR) is 133 cm³/mol. The number of nitrogens with zero attached hydrogens (tertiary/aromatic N) is 1. The Hall–Kier alpha value is -1.76. The molecule has 0 fully saturated rings. The number of amides is 2. The molecule has 2 amide bonds. The van der Waals surface area contributed by atoms with Crippen molar-refractivity contribution in [2.24, 2.45) is 0 Å². The third-order valence-corrected chi connectivity index (χ3v) is 7.13. The molecule has 0 saturated carbocycles. The predicted octanol–water partition coefficient (Wildman–Crippen LogP) is 6.08. The van der Waals surface area contributed by atoms with E-state index in [9.17, 15) is 9.59 Å². The van der Waals surface area contributed by atoms with E-state index in [2.05, 4.69) is 21.2 Å². The van der Waals surface area contributed by atoms with Crippen molar-refractivity contribution in [3.63, 3.8) is 0 Å². The Labute approximate surface area is 208 Å². The van der Waals surface area contributed by atoms with Crippen LogP contribution in [0.3, 0.4) is 0 Å². The van der Waals surface area contributed by atoms with Gasteiger partial charge in [-0.2, -0.15) is 0 Å². The van der Waals surface area contributed by atoms with Crippen molar-refractivity contribution in [2.45, 2.75) is 59.7 Å². The summed E-state index contributed by atoms with van der Waals surface area (Å²) in [5.74, 6) is 0.0481. The van der Waals surface area contributed by atoms with Gasteiger partial charge in [0.15, 0.2) is 6.61 Å². The summed E-state index contributed by atoms with van der Waals surface area (Å²) in [7, 11) is 0. The number of aryl methyl sites for hydroxylation is 2. The van der Waals surface area contributed by atoms with Gasteiger partial charge in [-0.3, -0.25) is 9.59 Å². The smallest absolute Gasteiger partial charge is 0.261 e. The molecule has 0 bridgehead atoms. The summed E-state index contributed by atoms with van der Waals surface area (Å²) in [6.45, 7) is 9.49. The summed E-state index contributed by atoms with van der Waals surface area (Å²) in [6, 6.07) is 8.11. The molecule has 0 spiro atoms. The number of rotatable bonds is 9. The first-order valence-corrected chi connectivity index (χ1v) is 12.0. The van der Waals surface area contributed by atoms with E-state index in [1.807, 2.05) is 39.8 Å². The zero-order chi connectivity index (χ0) is 24.0. The van der Waals surface area contributed by atoms with Crippen molar-refractivity contribution >= 4 is 50.9 Å². The minimum absolute atomic E-state index is 0.00554. The van der Waals surface area contributed by atoms with Crippen LogP contribution >= 0.6 is 39.1 Å². The maximum absolute atomic E-state index is 13.2. The van der Waals surface area contributed by atoms with Crippen molar-refractivity contribution in [1.82, 2.24) is 10.2 Å². The second-order valence-corrected chi connectivity index (χ2v) is 9.55. The zero-order valence-electron chi connectivity index (χ0n) is 19.0. The van der Waals surface area contributed by atoms with Crippen LogP contribution in [-0.4, -0.2) is 35.4 Å². The van der Waals surface area contributed by atoms with E-state index in [1.165, 1.54) is 4.90 Å². The van der Waals surface area contributed by atoms with E-state index >= 15 is 0 Å². The molecule has 0 aromatic heterocycles. The van der Waals surface area contributed by atoms with Gasteiger partial charge in [-0.15, -0.1) is 0 Å². The first-order chi connectivity index (χ1) is 15.0. The lowest BCUT2D eigenvalue weighted by molar-refractivity contribution is -0.142. The summed E-state index contributed by atoms with van der Waals surface area (Å²) in [5, 5.41) is 3.87. The quantitative estimate of drug-likeness (QED) is 0.416. The SMILES string of the molecule is CC[C@H](C)NC(=O)[C@H](C)N(Cc1ccc(Cl)cc1Cl)C(=O)COc1cc(C)c(Br)c(C)c1. The van der Waals surface area contributed by atoms with Gasteiger partial charge in [0.25, 0.3) is 5.91 Å². The second-order valence-electron chi connectivity index (χ2n) is 7.91. The molecule has 174 valence electrons. The van der Waals surface area contributed by atoms with Gasteiger partial charge in [0, 0.05) is 27.1 Å². The van der Waals surface area contributed by atoms with Crippen LogP contribution in [0.1, 0.15) is 43.9 Å². The van der Waals surface area contributed by atoms with Crippen LogP contribution in [0.25, 0.3) is 0 Å². The van der Waals surface area contributed by atoms with Crippen molar-refractivity contribution in [3.05, 3.63) is 61.5 Å². The van der Waals surface area contributed by atoms with Crippen molar-refractivity contribution < 1.29 is 14.3 Å². The molecule has 5 nitrogen and oxygen atoms in total. The van der Waals surface area contributed by atoms with Crippen LogP contribution in [0, 0.1) is 13.8 Å². The van der Waals surface area contributed by atoms with E-state index in [4.69, 9.17) is 27.9 Å². The Kier molecular flexibility index (Phi) is 9.86. The molecule has 2 rings (SSSR count). The maximum Gasteiger partial charge on any atom is 0.261 e. The summed E-state index contributed by atoms with van der Waals surface area (Å²) >= 11 is 15.9. The number of hydrogen-bond donors (Lipinski definition) is 1. The largest absolute Gasteiger partial charge is 0.484 e. The van der Waals surface area contributed by atoms with E-state index in [-0.39, 0.29) is 31.0 Å². The first kappa shape index (κ1) is 26.5. The average molecular weight is 544 g/mol. The van der Waals surface area contributed by atoms with Gasteiger partial charge in [0.2, 0.25) is 5.91 Å². The zero-order valence-corrected chi connectivity index (χ0v) is 22.1. The molecule has 32 heavy (non-hydrogen) atoms. The van der Waals surface area contributed by atoms with Crippen LogP contribution in [0.2, 0.25) is 10.0 Å². The lowest BCUT2D eigenvalue weighted by Gasteiger charge is -2.30. The fourth-order valence-corrected chi connectivity index (χ4v) is 3.80. The second kappa shape index (κ2) is 11.9. The molecular formula is C24H29BrCl2N2O3. The number of nitrogens with one attached hydrogen (secondary N) is 1. The van der Waals surface area contributed by atoms with Crippen LogP contribution in [0.5, 0.6) is 5.75 Å². The van der Waals surface area contributed by atoms with Crippen LogP contribution < -0.4 is 10.1 Å². The van der Waals surface area contributed by atoms with E-state index in [1.54, 1.807) is 25.1 Å². The Morgan fingerprint density at radius 1 is 1.12 bits per heavy atom. The lowest BCUT2D eigenvalue weighted by atomic mass is 10.1. The monoisotopic (exact) mass is 542 g/mol. The van der Waals surface area contributed by atoms with Crippen LogP contribution in [0.15, 0.2) is 34.8 Å². The Morgan fingerprint density at radius 3 is 2.31 bits per heavy atom. The third-order valence-electron chi connectivity index (χ3n) is 5.30. The van der Waals surface area contributed by atoms with Crippen LogP contribution in [0.4, 0.5) is 0 Å². The highest BCUT2D eigenvalue weighted by atomic mass is 79.9. The molecule has 8 heteroatoms. The molecule has 0 aliphatic heterocycles. The minimum Gasteiger partial charge on any atom is -0.484 e. The summed E-state index contributed by atoms with van der Waals surface area (Å²) in [6.07, 6.45) is 0.792. The molecule has 1 N–H and O–H groups in total. The Balaban J connectivity index is 2.23. The lowest BCUT2D eigenvalue weighted by Crippen LogP contribution is -2.50. The summed E-state index contributed by atoms with van der Waals surface area (Å²) in [5.41, 5.74) is 2.72. The van der Waals surface area contributed by atoms with Gasteiger partial charge in [0.1, 0.15) is 11.8 Å². The fraction of sp³-hybridized carbons (Fsp3) is 0.417. The molecule has 0 radical (unpaired) electrons. The van der Waals surface area contributed by atoms with E-state index in [0.29, 0.717) is 21.4 Å². The molecule has 2 aromatic carbocycles. The van der Waals surface area contributed by atoms with Crippen molar-refractivity contribution in [1.29, 1.82) is 0 Å². The summed E-state index contributed by atoms with van der Waals surface area (Å²) < 4.78 is 6.79. The van der Waals surface area contributed by atoms with Gasteiger partial charge in [-0.1, -0.05) is 52.1 Å². The number of carbonyl (C=O) groups excluding carboxylic acids is 2. The molecular weight excluding hydrogens is 515 g/mol. The van der Waals surface area contributed by atoms with Crippen molar-refractivity contribution in [3.8, 4) is 5.75 Å². The molecule has 2 aromatic rings. The number of carbonyl (C=O) groups is 2. The number of halogens is 3. The standard InChI is InChI=1S/C24H29BrCl2N2O3/c1-6-16(4)28-24(31)17(5)29(12-18-7-8-19(26)11-21(18)27)22(30)13-32-20-9-14(2)23(25)15(3)10-20/h7-11,16-17H,6,12-13H2,1-5H3,(H,28,31)/t16-,17-/m0/s1. The number of ether oxygens (including phenoxy) is 1. The van der Waals surface area contributed by atoms with Gasteiger partial charge >= 0.3 is 0 Å². The highest BCUT2D eigenvalue weighted by molar-refractivity contribution is 9.10. The first-order valence-electron chi connectivity index (χ1n) is 10.5. The van der Waals surface area contributed by atoms with Gasteiger partial charge in [-0.25, -0.2) is 0 Å². The summed E-state index contributed by atoms with van der Waals surface area (Å²) in [4.78, 5) is 27.4. The van der Waals surface area contributed by atoms with Gasteiger partial charge in [0.05, 0.1) is 0 Å². The van der Waals surface area contributed by atoms with E-state index < -0.39 is 6.04 Å². The highest BCUT2D eigenvalue weighted by Crippen LogP contribution is 2.27. The average Bonchev–Trinajstić information content (AvgIpc) is 2.74. The molecule has 0 saturated heterocycles. The van der Waals surface area contributed by atoms with Gasteiger partial charge in [-0.05, 0) is 75.1 Å². The van der Waals surface area contributed by atoms with Crippen LogP contribution in [-0.2, 0) is 16.1 Å². The normalized spacial score (nSPS) is 12.8. The molecule has 0 unspecified atom stereocenters. The molecule has 0 aliphatic rings. The van der Waals surface area contributed by atoms with E-state index in [0.717, 1.165) is 22.0 Å². The molecule has 0 heterocycles. The fourth-order valence-electron chi connectivity index (χ4n) is 3.10. The van der Waals surface area contributed by atoms with Gasteiger partial charge < -0.3 is 15.0 Å². The third kappa shape index (κ3) is 7.12. The Bertz CT molecular complexity index is 961. The van der Waals surface area contributed by atoms with Crippen molar-refractivity contribution in [2.75, 3.05) is 6.61 Å². The number of hydrogen-bond acceptors (Lipinski definition) is 3. The molecule has 0 aliphatic carbocycles. The highest BCUT2D eigenvalue weighted by Gasteiger charge is 2.27. The number of benzene rings is 2. The minimum atomic E-state index is -0.708. The maximum atomic E-state index is 13.2.